The fraction of sp³-hybridized carbons (Fsp3) is 0.188. The fourth-order valence-corrected chi connectivity index (χ4v) is 6.34. The Balaban J connectivity index is 1.18. The third kappa shape index (κ3) is 6.85. The summed E-state index contributed by atoms with van der Waals surface area (Å²) in [5, 5.41) is 1.45. The van der Waals surface area contributed by atoms with Crippen molar-refractivity contribution >= 4 is 50.2 Å². The number of pyridine rings is 1. The molecule has 1 N–H and O–H groups in total. The summed E-state index contributed by atoms with van der Waals surface area (Å²) in [6.07, 6.45) is 5.57. The summed E-state index contributed by atoms with van der Waals surface area (Å²) in [6, 6.07) is 25.1. The number of nitrogens with zero attached hydrogens (tertiary/aromatic N) is 3. The number of benzene rings is 3. The van der Waals surface area contributed by atoms with Crippen LogP contribution in [-0.4, -0.2) is 61.8 Å². The first-order valence-electron chi connectivity index (χ1n) is 13.4. The maximum atomic E-state index is 13.2. The van der Waals surface area contributed by atoms with Gasteiger partial charge >= 0.3 is 0 Å². The Bertz CT molecular complexity index is 1690. The van der Waals surface area contributed by atoms with Gasteiger partial charge in [0.25, 0.3) is 15.9 Å². The summed E-state index contributed by atoms with van der Waals surface area (Å²) < 4.78 is 28.8. The van der Waals surface area contributed by atoms with Crippen LogP contribution in [0.4, 0.5) is 5.69 Å². The largest absolute Gasteiger partial charge is 0.336 e. The molecule has 2 heterocycles. The number of carbonyl (C=O) groups is 1. The van der Waals surface area contributed by atoms with Gasteiger partial charge in [-0.25, -0.2) is 8.42 Å². The Morgan fingerprint density at radius 3 is 2.34 bits per heavy atom. The lowest BCUT2D eigenvalue weighted by atomic mass is 10.1. The van der Waals surface area contributed by atoms with Crippen LogP contribution >= 0.6 is 11.6 Å². The third-order valence-corrected chi connectivity index (χ3v) is 8.84. The molecule has 1 aliphatic heterocycles. The van der Waals surface area contributed by atoms with Crippen LogP contribution in [0.1, 0.15) is 22.8 Å². The molecule has 9 heteroatoms. The second-order valence-corrected chi connectivity index (χ2v) is 11.9. The van der Waals surface area contributed by atoms with Crippen molar-refractivity contribution in [3.05, 3.63) is 119 Å². The summed E-state index contributed by atoms with van der Waals surface area (Å²) in [7, 11) is -3.87. The fourth-order valence-electron chi connectivity index (χ4n) is 4.81. The van der Waals surface area contributed by atoms with Gasteiger partial charge in [0, 0.05) is 60.6 Å². The molecule has 0 atom stereocenters. The molecule has 1 saturated heterocycles. The van der Waals surface area contributed by atoms with E-state index in [1.54, 1.807) is 42.6 Å². The van der Waals surface area contributed by atoms with Crippen molar-refractivity contribution in [2.24, 2.45) is 0 Å². The molecule has 1 aliphatic rings. The van der Waals surface area contributed by atoms with Gasteiger partial charge < -0.3 is 4.90 Å². The van der Waals surface area contributed by atoms with Crippen molar-refractivity contribution in [3.63, 3.8) is 0 Å². The number of piperazine rings is 1. The Labute approximate surface area is 245 Å². The molecule has 0 aliphatic carbocycles. The molecule has 0 radical (unpaired) electrons. The molecule has 5 rings (SSSR count). The van der Waals surface area contributed by atoms with Crippen LogP contribution in [0.15, 0.2) is 113 Å². The van der Waals surface area contributed by atoms with Gasteiger partial charge in [0.05, 0.1) is 5.52 Å². The summed E-state index contributed by atoms with van der Waals surface area (Å²) in [4.78, 5) is 21.6. The van der Waals surface area contributed by atoms with Gasteiger partial charge in [-0.2, -0.15) is 0 Å². The monoisotopic (exact) mass is 586 g/mol. The van der Waals surface area contributed by atoms with Crippen LogP contribution in [0.2, 0.25) is 0 Å². The number of nitrogens with one attached hydrogen (secondary N) is 1. The van der Waals surface area contributed by atoms with Crippen LogP contribution < -0.4 is 4.72 Å². The number of sulfonamides is 1. The molecular weight excluding hydrogens is 556 g/mol. The lowest BCUT2D eigenvalue weighted by Gasteiger charge is -2.35. The Hall–Kier alpha value is -3.98. The minimum absolute atomic E-state index is 0.0782. The predicted octanol–water partition coefficient (Wildman–Crippen LogP) is 6.02. The first-order chi connectivity index (χ1) is 19.8. The van der Waals surface area contributed by atoms with E-state index in [2.05, 4.69) is 14.6 Å². The first kappa shape index (κ1) is 28.5. The number of amides is 1. The van der Waals surface area contributed by atoms with Crippen LogP contribution in [0.5, 0.6) is 0 Å². The predicted molar refractivity (Wildman–Crippen MR) is 165 cm³/mol. The second kappa shape index (κ2) is 12.7. The number of allylic oxidation sites excluding steroid dienone is 1. The Kier molecular flexibility index (Phi) is 8.83. The molecule has 210 valence electrons. The minimum atomic E-state index is -3.87. The molecule has 0 unspecified atom stereocenters. The maximum Gasteiger partial charge on any atom is 0.264 e. The zero-order valence-electron chi connectivity index (χ0n) is 22.7. The molecule has 1 fully saturated rings. The van der Waals surface area contributed by atoms with E-state index < -0.39 is 10.0 Å². The molecule has 1 amide bonds. The summed E-state index contributed by atoms with van der Waals surface area (Å²) in [5.74, 6) is -0.0782. The highest BCUT2D eigenvalue weighted by Gasteiger charge is 2.23. The van der Waals surface area contributed by atoms with E-state index in [0.717, 1.165) is 29.6 Å². The minimum Gasteiger partial charge on any atom is -0.336 e. The van der Waals surface area contributed by atoms with E-state index in [-0.39, 0.29) is 10.8 Å². The van der Waals surface area contributed by atoms with Crippen molar-refractivity contribution in [3.8, 4) is 0 Å². The topological polar surface area (TPSA) is 82.6 Å². The number of halogens is 1. The van der Waals surface area contributed by atoms with E-state index in [1.165, 1.54) is 6.07 Å². The molecule has 3 aromatic carbocycles. The molecular formula is C32H31ClN4O3S. The number of aromatic nitrogens is 1. The number of hydrogen-bond donors (Lipinski definition) is 1. The summed E-state index contributed by atoms with van der Waals surface area (Å²) in [6.45, 7) is 5.35. The van der Waals surface area contributed by atoms with Crippen molar-refractivity contribution < 1.29 is 13.2 Å². The third-order valence-electron chi connectivity index (χ3n) is 7.07. The number of fused-ring (bicyclic) bond motifs is 1. The van der Waals surface area contributed by atoms with Crippen LogP contribution in [0, 0.1) is 0 Å². The Morgan fingerprint density at radius 2 is 1.63 bits per heavy atom. The lowest BCUT2D eigenvalue weighted by Crippen LogP contribution is -2.49. The van der Waals surface area contributed by atoms with Gasteiger partial charge in [-0.15, -0.1) is 0 Å². The summed E-state index contributed by atoms with van der Waals surface area (Å²) in [5.41, 5.74) is 3.39. The molecule has 0 bridgehead atoms. The molecule has 1 aromatic heterocycles. The highest BCUT2D eigenvalue weighted by atomic mass is 35.5. The Morgan fingerprint density at radius 1 is 0.927 bits per heavy atom. The highest BCUT2D eigenvalue weighted by molar-refractivity contribution is 7.93. The van der Waals surface area contributed by atoms with Crippen LogP contribution in [-0.2, 0) is 10.0 Å². The smallest absolute Gasteiger partial charge is 0.264 e. The van der Waals surface area contributed by atoms with Gasteiger partial charge in [0.1, 0.15) is 4.90 Å². The normalized spacial score (nSPS) is 15.2. The average molecular weight is 587 g/mol. The van der Waals surface area contributed by atoms with Crippen LogP contribution in [0.3, 0.4) is 0 Å². The van der Waals surface area contributed by atoms with E-state index in [0.29, 0.717) is 41.4 Å². The number of hydrogen-bond acceptors (Lipinski definition) is 5. The van der Waals surface area contributed by atoms with E-state index in [1.807, 2.05) is 66.4 Å². The van der Waals surface area contributed by atoms with Crippen molar-refractivity contribution in [1.29, 1.82) is 0 Å². The second-order valence-electron chi connectivity index (χ2n) is 9.80. The van der Waals surface area contributed by atoms with Gasteiger partial charge in [0.15, 0.2) is 0 Å². The SMILES string of the molecule is C/C=C(CN1CCN(C(=O)c2ccc(NS(=O)(=O)c3cccc4cccnc34)cc2)CC1)\C(Cl)=C/c1ccccc1. The highest BCUT2D eigenvalue weighted by Crippen LogP contribution is 2.24. The molecule has 7 nitrogen and oxygen atoms in total. The first-order valence-corrected chi connectivity index (χ1v) is 15.3. The van der Waals surface area contributed by atoms with E-state index in [4.69, 9.17) is 11.6 Å². The zero-order valence-corrected chi connectivity index (χ0v) is 24.3. The van der Waals surface area contributed by atoms with Crippen LogP contribution in [0.25, 0.3) is 17.0 Å². The zero-order chi connectivity index (χ0) is 28.8. The number of anilines is 1. The van der Waals surface area contributed by atoms with Gasteiger partial charge in [-0.1, -0.05) is 66.2 Å². The van der Waals surface area contributed by atoms with Crippen molar-refractivity contribution in [1.82, 2.24) is 14.8 Å². The lowest BCUT2D eigenvalue weighted by molar-refractivity contribution is 0.0648. The van der Waals surface area contributed by atoms with Crippen molar-refractivity contribution in [2.45, 2.75) is 11.8 Å². The van der Waals surface area contributed by atoms with Gasteiger partial charge in [-0.3, -0.25) is 19.4 Å². The quantitative estimate of drug-likeness (QED) is 0.255. The number of carbonyl (C=O) groups excluding carboxylic acids is 1. The summed E-state index contributed by atoms with van der Waals surface area (Å²) >= 11 is 6.63. The molecule has 0 spiro atoms. The average Bonchev–Trinajstić information content (AvgIpc) is 3.00. The van der Waals surface area contributed by atoms with E-state index >= 15 is 0 Å². The van der Waals surface area contributed by atoms with Gasteiger partial charge in [0.2, 0.25) is 0 Å². The van der Waals surface area contributed by atoms with Crippen molar-refractivity contribution in [2.75, 3.05) is 37.4 Å². The molecule has 4 aromatic rings. The number of rotatable bonds is 8. The number of para-hydroxylation sites is 1. The maximum absolute atomic E-state index is 13.2. The van der Waals surface area contributed by atoms with E-state index in [9.17, 15) is 13.2 Å². The molecule has 41 heavy (non-hydrogen) atoms. The van der Waals surface area contributed by atoms with Gasteiger partial charge in [-0.05, 0) is 60.5 Å². The standard InChI is InChI=1S/C32H31ClN4O3S/c1-2-25(29(33)22-24-8-4-3-5-9-24)23-36-18-20-37(21-19-36)32(38)27-13-15-28(16-14-27)35-41(39,40)30-12-6-10-26-11-7-17-34-31(26)30/h2-17,22,35H,18-21,23H2,1H3/b25-2-,29-22+. The molecule has 0 saturated carbocycles.